The molecule has 15 heavy (non-hydrogen) atoms. The van der Waals surface area contributed by atoms with Crippen LogP contribution in [-0.4, -0.2) is 16.6 Å². The van der Waals surface area contributed by atoms with Gasteiger partial charge in [-0.1, -0.05) is 15.9 Å². The van der Waals surface area contributed by atoms with Gasteiger partial charge in [0.25, 0.3) is 0 Å². The minimum atomic E-state index is 0.816. The normalized spacial score (nSPS) is 10.5. The van der Waals surface area contributed by atoms with Gasteiger partial charge >= 0.3 is 0 Å². The quantitative estimate of drug-likeness (QED) is 0.924. The molecule has 78 valence electrons. The molecule has 0 aliphatic rings. The molecular weight excluding hydrogens is 254 g/mol. The number of benzene rings is 1. The van der Waals surface area contributed by atoms with Gasteiger partial charge in [-0.15, -0.1) is 0 Å². The zero-order valence-corrected chi connectivity index (χ0v) is 10.0. The molecule has 0 aliphatic heterocycles. The molecule has 0 aliphatic carbocycles. The third kappa shape index (κ3) is 2.27. The summed E-state index contributed by atoms with van der Waals surface area (Å²) in [7, 11) is 1.93. The molecule has 0 bridgehead atoms. The summed E-state index contributed by atoms with van der Waals surface area (Å²) in [5.41, 5.74) is 2.28. The van der Waals surface area contributed by atoms with Crippen LogP contribution in [0.3, 0.4) is 0 Å². The molecule has 0 atom stereocenters. The Balaban J connectivity index is 2.36. The molecule has 0 amide bonds. The summed E-state index contributed by atoms with van der Waals surface area (Å²) in [5.74, 6) is 0. The number of imidazole rings is 1. The standard InChI is InChI=1S/C11H12BrN3/c1-13-6-11-7-14-8-15(11)10-4-2-9(12)3-5-10/h2-5,7-8,13H,6H2,1H3. The Kier molecular flexibility index (Phi) is 3.18. The highest BCUT2D eigenvalue weighted by Crippen LogP contribution is 2.15. The number of hydrogen-bond acceptors (Lipinski definition) is 2. The maximum atomic E-state index is 4.15. The maximum Gasteiger partial charge on any atom is 0.0994 e. The van der Waals surface area contributed by atoms with Crippen LogP contribution in [0.15, 0.2) is 41.3 Å². The van der Waals surface area contributed by atoms with E-state index in [1.165, 1.54) is 0 Å². The molecule has 0 radical (unpaired) electrons. The summed E-state index contributed by atoms with van der Waals surface area (Å²) in [5, 5.41) is 3.12. The van der Waals surface area contributed by atoms with Crippen LogP contribution in [0.25, 0.3) is 5.69 Å². The maximum absolute atomic E-state index is 4.15. The van der Waals surface area contributed by atoms with Crippen LogP contribution < -0.4 is 5.32 Å². The molecule has 3 nitrogen and oxygen atoms in total. The predicted molar refractivity (Wildman–Crippen MR) is 64.0 cm³/mol. The Labute approximate surface area is 97.3 Å². The van der Waals surface area contributed by atoms with E-state index in [2.05, 4.69) is 42.9 Å². The monoisotopic (exact) mass is 265 g/mol. The van der Waals surface area contributed by atoms with E-state index in [-0.39, 0.29) is 0 Å². The van der Waals surface area contributed by atoms with Crippen molar-refractivity contribution < 1.29 is 0 Å². The fraction of sp³-hybridized carbons (Fsp3) is 0.182. The molecule has 0 saturated carbocycles. The van der Waals surface area contributed by atoms with E-state index >= 15 is 0 Å². The van der Waals surface area contributed by atoms with Crippen molar-refractivity contribution in [3.63, 3.8) is 0 Å². The second kappa shape index (κ2) is 4.59. The summed E-state index contributed by atoms with van der Waals surface area (Å²) < 4.78 is 3.16. The topological polar surface area (TPSA) is 29.9 Å². The minimum Gasteiger partial charge on any atom is -0.314 e. The second-order valence-electron chi connectivity index (χ2n) is 3.26. The number of rotatable bonds is 3. The van der Waals surface area contributed by atoms with Crippen molar-refractivity contribution in [3.8, 4) is 5.69 Å². The third-order valence-corrected chi connectivity index (χ3v) is 2.71. The van der Waals surface area contributed by atoms with E-state index in [1.807, 2.05) is 31.7 Å². The van der Waals surface area contributed by atoms with Crippen molar-refractivity contribution in [1.29, 1.82) is 0 Å². The first-order chi connectivity index (χ1) is 7.31. The Hall–Kier alpha value is -1.13. The van der Waals surface area contributed by atoms with Gasteiger partial charge in [0.2, 0.25) is 0 Å². The van der Waals surface area contributed by atoms with Crippen LogP contribution in [0.5, 0.6) is 0 Å². The summed E-state index contributed by atoms with van der Waals surface area (Å²) in [4.78, 5) is 4.15. The van der Waals surface area contributed by atoms with Crippen LogP contribution in [0.4, 0.5) is 0 Å². The average molecular weight is 266 g/mol. The average Bonchev–Trinajstić information content (AvgIpc) is 2.68. The van der Waals surface area contributed by atoms with Gasteiger partial charge in [0.1, 0.15) is 0 Å². The van der Waals surface area contributed by atoms with E-state index in [0.717, 1.165) is 22.4 Å². The van der Waals surface area contributed by atoms with E-state index in [4.69, 9.17) is 0 Å². The molecule has 0 saturated heterocycles. The molecule has 4 heteroatoms. The number of aromatic nitrogens is 2. The van der Waals surface area contributed by atoms with Crippen molar-refractivity contribution in [2.45, 2.75) is 6.54 Å². The minimum absolute atomic E-state index is 0.816. The molecule has 1 aromatic heterocycles. The lowest BCUT2D eigenvalue weighted by Gasteiger charge is -2.07. The zero-order chi connectivity index (χ0) is 10.7. The molecular formula is C11H12BrN3. The van der Waals surface area contributed by atoms with Gasteiger partial charge in [0.05, 0.1) is 12.0 Å². The van der Waals surface area contributed by atoms with Gasteiger partial charge in [-0.2, -0.15) is 0 Å². The lowest BCUT2D eigenvalue weighted by Crippen LogP contribution is -2.09. The Morgan fingerprint density at radius 1 is 1.33 bits per heavy atom. The van der Waals surface area contributed by atoms with Gasteiger partial charge in [-0.3, -0.25) is 0 Å². The van der Waals surface area contributed by atoms with E-state index in [0.29, 0.717) is 0 Å². The van der Waals surface area contributed by atoms with Gasteiger partial charge in [0, 0.05) is 22.9 Å². The van der Waals surface area contributed by atoms with Crippen LogP contribution in [0.2, 0.25) is 0 Å². The van der Waals surface area contributed by atoms with E-state index in [1.54, 1.807) is 0 Å². The fourth-order valence-corrected chi connectivity index (χ4v) is 1.73. The fourth-order valence-electron chi connectivity index (χ4n) is 1.47. The number of hydrogen-bond donors (Lipinski definition) is 1. The van der Waals surface area contributed by atoms with Crippen molar-refractivity contribution in [1.82, 2.24) is 14.9 Å². The first-order valence-corrected chi connectivity index (χ1v) is 5.52. The van der Waals surface area contributed by atoms with Crippen molar-refractivity contribution in [2.75, 3.05) is 7.05 Å². The molecule has 2 aromatic rings. The number of nitrogens with one attached hydrogen (secondary N) is 1. The molecule has 1 N–H and O–H groups in total. The highest BCUT2D eigenvalue weighted by atomic mass is 79.9. The van der Waals surface area contributed by atoms with Crippen LogP contribution in [0.1, 0.15) is 5.69 Å². The van der Waals surface area contributed by atoms with E-state index < -0.39 is 0 Å². The van der Waals surface area contributed by atoms with Gasteiger partial charge in [0.15, 0.2) is 0 Å². The smallest absolute Gasteiger partial charge is 0.0994 e. The van der Waals surface area contributed by atoms with Gasteiger partial charge < -0.3 is 9.88 Å². The molecule has 0 unspecified atom stereocenters. The molecule has 0 fully saturated rings. The summed E-state index contributed by atoms with van der Waals surface area (Å²) in [6, 6.07) is 8.17. The van der Waals surface area contributed by atoms with Crippen molar-refractivity contribution >= 4 is 15.9 Å². The predicted octanol–water partition coefficient (Wildman–Crippen LogP) is 2.35. The summed E-state index contributed by atoms with van der Waals surface area (Å²) >= 11 is 3.42. The Bertz CT molecular complexity index is 433. The van der Waals surface area contributed by atoms with Crippen molar-refractivity contribution in [2.24, 2.45) is 0 Å². The van der Waals surface area contributed by atoms with E-state index in [9.17, 15) is 0 Å². The lowest BCUT2D eigenvalue weighted by atomic mass is 10.3. The highest BCUT2D eigenvalue weighted by Gasteiger charge is 2.02. The molecule has 1 aromatic carbocycles. The third-order valence-electron chi connectivity index (χ3n) is 2.18. The SMILES string of the molecule is CNCc1cncn1-c1ccc(Br)cc1. The van der Waals surface area contributed by atoms with Crippen LogP contribution >= 0.6 is 15.9 Å². The largest absolute Gasteiger partial charge is 0.314 e. The Morgan fingerprint density at radius 3 is 2.73 bits per heavy atom. The highest BCUT2D eigenvalue weighted by molar-refractivity contribution is 9.10. The van der Waals surface area contributed by atoms with Crippen LogP contribution in [0, 0.1) is 0 Å². The first-order valence-electron chi connectivity index (χ1n) is 4.73. The molecule has 2 rings (SSSR count). The Morgan fingerprint density at radius 2 is 2.07 bits per heavy atom. The first kappa shape index (κ1) is 10.4. The summed E-state index contributed by atoms with van der Waals surface area (Å²) in [6.45, 7) is 0.816. The summed E-state index contributed by atoms with van der Waals surface area (Å²) in [6.07, 6.45) is 3.70. The lowest BCUT2D eigenvalue weighted by molar-refractivity contribution is 0.768. The zero-order valence-electron chi connectivity index (χ0n) is 8.44. The number of halogens is 1. The van der Waals surface area contributed by atoms with Crippen LogP contribution in [-0.2, 0) is 6.54 Å². The number of nitrogens with zero attached hydrogens (tertiary/aromatic N) is 2. The molecule has 1 heterocycles. The molecule has 0 spiro atoms. The second-order valence-corrected chi connectivity index (χ2v) is 4.18. The van der Waals surface area contributed by atoms with Gasteiger partial charge in [-0.25, -0.2) is 4.98 Å². The van der Waals surface area contributed by atoms with Crippen molar-refractivity contribution in [3.05, 3.63) is 47.0 Å². The van der Waals surface area contributed by atoms with Gasteiger partial charge in [-0.05, 0) is 31.3 Å².